The fourth-order valence-electron chi connectivity index (χ4n) is 1.96. The molecule has 0 fully saturated rings. The number of fused-ring (bicyclic) bond motifs is 1. The predicted octanol–water partition coefficient (Wildman–Crippen LogP) is 2.47. The van der Waals surface area contributed by atoms with Crippen molar-refractivity contribution in [2.24, 2.45) is 5.92 Å². The van der Waals surface area contributed by atoms with Gasteiger partial charge in [-0.2, -0.15) is 0 Å². The smallest absolute Gasteiger partial charge is 0.247 e. The molecule has 1 heterocycles. The molecule has 1 aliphatic heterocycles. The third kappa shape index (κ3) is 2.20. The molecule has 0 saturated heterocycles. The molecule has 1 amide bonds. The van der Waals surface area contributed by atoms with E-state index in [1.807, 2.05) is 18.2 Å². The van der Waals surface area contributed by atoms with Crippen LogP contribution in [-0.4, -0.2) is 19.1 Å². The van der Waals surface area contributed by atoms with Crippen molar-refractivity contribution >= 4 is 17.3 Å². The van der Waals surface area contributed by atoms with Gasteiger partial charge in [0.15, 0.2) is 0 Å². The Morgan fingerprint density at radius 1 is 1.41 bits per heavy atom. The molecule has 0 spiro atoms. The third-order valence-corrected chi connectivity index (χ3v) is 3.29. The average molecular weight is 234 g/mol. The van der Waals surface area contributed by atoms with Crippen LogP contribution >= 0.6 is 0 Å². The van der Waals surface area contributed by atoms with Crippen molar-refractivity contribution in [3.8, 4) is 5.75 Å². The van der Waals surface area contributed by atoms with Crippen LogP contribution in [-0.2, 0) is 4.79 Å². The largest absolute Gasteiger partial charge is 0.497 e. The van der Waals surface area contributed by atoms with Crippen LogP contribution in [0.4, 0.5) is 11.4 Å². The van der Waals surface area contributed by atoms with Crippen LogP contribution in [0.25, 0.3) is 0 Å². The van der Waals surface area contributed by atoms with Gasteiger partial charge in [-0.05, 0) is 18.1 Å². The van der Waals surface area contributed by atoms with Gasteiger partial charge in [0, 0.05) is 6.07 Å². The van der Waals surface area contributed by atoms with Gasteiger partial charge in [-0.3, -0.25) is 4.79 Å². The zero-order chi connectivity index (χ0) is 12.4. The molecule has 2 rings (SSSR count). The minimum atomic E-state index is -0.167. The van der Waals surface area contributed by atoms with Crippen molar-refractivity contribution in [3.63, 3.8) is 0 Å². The van der Waals surface area contributed by atoms with E-state index in [0.29, 0.717) is 5.92 Å². The van der Waals surface area contributed by atoms with Crippen LogP contribution < -0.4 is 15.4 Å². The number of rotatable bonds is 3. The first-order valence-electron chi connectivity index (χ1n) is 5.91. The number of anilines is 2. The summed E-state index contributed by atoms with van der Waals surface area (Å²) in [6, 6.07) is 5.43. The number of ether oxygens (including phenoxy) is 1. The van der Waals surface area contributed by atoms with E-state index in [4.69, 9.17) is 4.74 Å². The van der Waals surface area contributed by atoms with E-state index >= 15 is 0 Å². The van der Waals surface area contributed by atoms with Crippen LogP contribution in [0, 0.1) is 5.92 Å². The lowest BCUT2D eigenvalue weighted by molar-refractivity contribution is -0.118. The second kappa shape index (κ2) is 4.65. The lowest BCUT2D eigenvalue weighted by Crippen LogP contribution is -2.43. The predicted molar refractivity (Wildman–Crippen MR) is 68.5 cm³/mol. The molecule has 92 valence electrons. The fraction of sp³-hybridized carbons (Fsp3) is 0.462. The highest BCUT2D eigenvalue weighted by Crippen LogP contribution is 2.32. The molecule has 0 bridgehead atoms. The SMILES string of the molecule is CCC(C)C1Nc2cc(OC)ccc2NC1=O. The molecular weight excluding hydrogens is 216 g/mol. The number of hydrogen-bond donors (Lipinski definition) is 2. The molecule has 2 atom stereocenters. The Labute approximate surface area is 101 Å². The van der Waals surface area contributed by atoms with E-state index in [0.717, 1.165) is 23.5 Å². The molecular formula is C13H18N2O2. The number of amides is 1. The quantitative estimate of drug-likeness (QED) is 0.844. The Morgan fingerprint density at radius 3 is 2.82 bits per heavy atom. The normalized spacial score (nSPS) is 19.9. The molecule has 1 aromatic carbocycles. The summed E-state index contributed by atoms with van der Waals surface area (Å²) in [7, 11) is 1.63. The molecule has 1 aromatic rings. The van der Waals surface area contributed by atoms with Crippen molar-refractivity contribution in [2.75, 3.05) is 17.7 Å². The van der Waals surface area contributed by atoms with Crippen molar-refractivity contribution < 1.29 is 9.53 Å². The Hall–Kier alpha value is -1.71. The second-order valence-corrected chi connectivity index (χ2v) is 4.41. The zero-order valence-corrected chi connectivity index (χ0v) is 10.4. The van der Waals surface area contributed by atoms with Gasteiger partial charge in [-0.25, -0.2) is 0 Å². The maximum Gasteiger partial charge on any atom is 0.247 e. The van der Waals surface area contributed by atoms with Crippen LogP contribution in [0.5, 0.6) is 5.75 Å². The molecule has 2 unspecified atom stereocenters. The number of nitrogens with one attached hydrogen (secondary N) is 2. The number of carbonyl (C=O) groups is 1. The van der Waals surface area contributed by atoms with Crippen molar-refractivity contribution in [1.29, 1.82) is 0 Å². The molecule has 4 heteroatoms. The van der Waals surface area contributed by atoms with Gasteiger partial charge >= 0.3 is 0 Å². The first-order valence-corrected chi connectivity index (χ1v) is 5.91. The molecule has 0 radical (unpaired) electrons. The van der Waals surface area contributed by atoms with E-state index in [1.54, 1.807) is 7.11 Å². The second-order valence-electron chi connectivity index (χ2n) is 4.41. The maximum atomic E-state index is 11.9. The van der Waals surface area contributed by atoms with E-state index < -0.39 is 0 Å². The molecule has 0 saturated carbocycles. The Morgan fingerprint density at radius 2 is 2.18 bits per heavy atom. The van der Waals surface area contributed by atoms with Gasteiger partial charge in [-0.15, -0.1) is 0 Å². The Kier molecular flexibility index (Phi) is 3.22. The van der Waals surface area contributed by atoms with Gasteiger partial charge in [-0.1, -0.05) is 20.3 Å². The van der Waals surface area contributed by atoms with E-state index in [-0.39, 0.29) is 11.9 Å². The summed E-state index contributed by atoms with van der Waals surface area (Å²) >= 11 is 0. The van der Waals surface area contributed by atoms with Gasteiger partial charge in [0.2, 0.25) is 5.91 Å². The number of methoxy groups -OCH3 is 1. The first-order chi connectivity index (χ1) is 8.15. The monoisotopic (exact) mass is 234 g/mol. The van der Waals surface area contributed by atoms with E-state index in [9.17, 15) is 4.79 Å². The fourth-order valence-corrected chi connectivity index (χ4v) is 1.96. The standard InChI is InChI=1S/C13H18N2O2/c1-4-8(2)12-13(16)15-10-6-5-9(17-3)7-11(10)14-12/h5-8,12,14H,4H2,1-3H3,(H,15,16). The van der Waals surface area contributed by atoms with Crippen molar-refractivity contribution in [2.45, 2.75) is 26.3 Å². The summed E-state index contributed by atoms with van der Waals surface area (Å²) in [6.07, 6.45) is 0.963. The van der Waals surface area contributed by atoms with Crippen LogP contribution in [0.1, 0.15) is 20.3 Å². The molecule has 1 aliphatic rings. The average Bonchev–Trinajstić information content (AvgIpc) is 2.36. The molecule has 4 nitrogen and oxygen atoms in total. The minimum Gasteiger partial charge on any atom is -0.497 e. The van der Waals surface area contributed by atoms with Gasteiger partial charge in [0.05, 0.1) is 18.5 Å². The van der Waals surface area contributed by atoms with Crippen molar-refractivity contribution in [1.82, 2.24) is 0 Å². The molecule has 17 heavy (non-hydrogen) atoms. The zero-order valence-electron chi connectivity index (χ0n) is 10.4. The number of hydrogen-bond acceptors (Lipinski definition) is 3. The summed E-state index contributed by atoms with van der Waals surface area (Å²) in [5.74, 6) is 1.13. The first kappa shape index (κ1) is 11.8. The Balaban J connectivity index is 2.28. The van der Waals surface area contributed by atoms with Gasteiger partial charge in [0.25, 0.3) is 0 Å². The highest BCUT2D eigenvalue weighted by Gasteiger charge is 2.29. The summed E-state index contributed by atoms with van der Waals surface area (Å²) in [4.78, 5) is 11.9. The molecule has 0 aromatic heterocycles. The lowest BCUT2D eigenvalue weighted by Gasteiger charge is -2.30. The van der Waals surface area contributed by atoms with E-state index in [2.05, 4.69) is 24.5 Å². The van der Waals surface area contributed by atoms with E-state index in [1.165, 1.54) is 0 Å². The highest BCUT2D eigenvalue weighted by molar-refractivity contribution is 6.03. The molecule has 0 aliphatic carbocycles. The summed E-state index contributed by atoms with van der Waals surface area (Å²) in [5, 5.41) is 6.20. The topological polar surface area (TPSA) is 50.4 Å². The van der Waals surface area contributed by atoms with Crippen LogP contribution in [0.3, 0.4) is 0 Å². The van der Waals surface area contributed by atoms with Gasteiger partial charge < -0.3 is 15.4 Å². The summed E-state index contributed by atoms with van der Waals surface area (Å²) in [6.45, 7) is 4.16. The highest BCUT2D eigenvalue weighted by atomic mass is 16.5. The minimum absolute atomic E-state index is 0.0389. The van der Waals surface area contributed by atoms with Crippen molar-refractivity contribution in [3.05, 3.63) is 18.2 Å². The van der Waals surface area contributed by atoms with Gasteiger partial charge in [0.1, 0.15) is 11.8 Å². The molecule has 2 N–H and O–H groups in total. The summed E-state index contributed by atoms with van der Waals surface area (Å²) in [5.41, 5.74) is 1.74. The summed E-state index contributed by atoms with van der Waals surface area (Å²) < 4.78 is 5.18. The number of carbonyl (C=O) groups excluding carboxylic acids is 1. The van der Waals surface area contributed by atoms with Crippen LogP contribution in [0.15, 0.2) is 18.2 Å². The Bertz CT molecular complexity index is 431. The third-order valence-electron chi connectivity index (χ3n) is 3.29. The number of benzene rings is 1. The lowest BCUT2D eigenvalue weighted by atomic mass is 9.96. The van der Waals surface area contributed by atoms with Crippen LogP contribution in [0.2, 0.25) is 0 Å². The maximum absolute atomic E-state index is 11.9.